The molecule has 0 atom stereocenters. The van der Waals surface area contributed by atoms with Gasteiger partial charge in [0.15, 0.2) is 0 Å². The average molecular weight is 407 g/mol. The third-order valence-corrected chi connectivity index (χ3v) is 6.54. The number of hydrogen-bond acceptors (Lipinski definition) is 3. The molecule has 0 spiro atoms. The van der Waals surface area contributed by atoms with Crippen LogP contribution in [0.5, 0.6) is 0 Å². The molecule has 2 heterocycles. The lowest BCUT2D eigenvalue weighted by atomic mass is 9.86. The van der Waals surface area contributed by atoms with Gasteiger partial charge < -0.3 is 15.1 Å². The standard InChI is InChI=1S/C25H34N4O/c1-25(2)14-12-21-22(28-18-16-27(3)17-19-28)10-7-11-23(21)29(25)24(30)26-15-13-20-8-5-4-6-9-20/h4-11H,12-19H2,1-3H3,(H,26,30). The number of amides is 2. The molecule has 0 aliphatic carbocycles. The largest absolute Gasteiger partial charge is 0.369 e. The van der Waals surface area contributed by atoms with Crippen molar-refractivity contribution < 1.29 is 4.79 Å². The van der Waals surface area contributed by atoms with Gasteiger partial charge in [-0.1, -0.05) is 36.4 Å². The van der Waals surface area contributed by atoms with Crippen LogP contribution in [0, 0.1) is 0 Å². The van der Waals surface area contributed by atoms with E-state index in [9.17, 15) is 4.79 Å². The first-order valence-corrected chi connectivity index (χ1v) is 11.1. The summed E-state index contributed by atoms with van der Waals surface area (Å²) in [5.74, 6) is 0. The lowest BCUT2D eigenvalue weighted by molar-refractivity contribution is 0.237. The highest BCUT2D eigenvalue weighted by molar-refractivity contribution is 5.96. The molecule has 30 heavy (non-hydrogen) atoms. The summed E-state index contributed by atoms with van der Waals surface area (Å²) in [6.45, 7) is 9.24. The number of hydrogen-bond donors (Lipinski definition) is 1. The van der Waals surface area contributed by atoms with Crippen molar-refractivity contribution in [1.82, 2.24) is 10.2 Å². The van der Waals surface area contributed by atoms with Crippen LogP contribution in [-0.2, 0) is 12.8 Å². The Hall–Kier alpha value is -2.53. The summed E-state index contributed by atoms with van der Waals surface area (Å²) >= 11 is 0. The monoisotopic (exact) mass is 406 g/mol. The van der Waals surface area contributed by atoms with Crippen LogP contribution in [0.1, 0.15) is 31.4 Å². The lowest BCUT2D eigenvalue weighted by Crippen LogP contribution is -2.55. The Morgan fingerprint density at radius 1 is 0.967 bits per heavy atom. The van der Waals surface area contributed by atoms with Gasteiger partial charge in [0.2, 0.25) is 0 Å². The predicted octanol–water partition coefficient (Wildman–Crippen LogP) is 3.92. The zero-order valence-corrected chi connectivity index (χ0v) is 18.5. The van der Waals surface area contributed by atoms with E-state index in [4.69, 9.17) is 0 Å². The minimum atomic E-state index is -0.204. The third-order valence-electron chi connectivity index (χ3n) is 6.54. The summed E-state index contributed by atoms with van der Waals surface area (Å²) in [6.07, 6.45) is 2.82. The second kappa shape index (κ2) is 8.68. The van der Waals surface area contributed by atoms with E-state index < -0.39 is 0 Å². The number of piperazine rings is 1. The fourth-order valence-electron chi connectivity index (χ4n) is 4.66. The molecule has 2 aromatic carbocycles. The Bertz CT molecular complexity index is 872. The maximum Gasteiger partial charge on any atom is 0.322 e. The van der Waals surface area contributed by atoms with Gasteiger partial charge in [0.25, 0.3) is 0 Å². The number of carbonyl (C=O) groups excluding carboxylic acids is 1. The lowest BCUT2D eigenvalue weighted by Gasteiger charge is -2.45. The molecule has 5 heteroatoms. The molecule has 2 aliphatic heterocycles. The highest BCUT2D eigenvalue weighted by Gasteiger charge is 2.38. The number of rotatable bonds is 4. The van der Waals surface area contributed by atoms with E-state index in [2.05, 4.69) is 66.3 Å². The van der Waals surface area contributed by atoms with Crippen LogP contribution >= 0.6 is 0 Å². The zero-order valence-electron chi connectivity index (χ0n) is 18.5. The fraction of sp³-hybridized carbons (Fsp3) is 0.480. The van der Waals surface area contributed by atoms with Crippen LogP contribution in [0.2, 0.25) is 0 Å². The molecule has 0 radical (unpaired) electrons. The van der Waals surface area contributed by atoms with Gasteiger partial charge in [-0.05, 0) is 63.4 Å². The number of nitrogens with one attached hydrogen (secondary N) is 1. The molecule has 0 saturated carbocycles. The van der Waals surface area contributed by atoms with Crippen LogP contribution in [0.15, 0.2) is 48.5 Å². The molecule has 4 rings (SSSR count). The third kappa shape index (κ3) is 4.31. The van der Waals surface area contributed by atoms with Gasteiger partial charge in [0, 0.05) is 44.0 Å². The topological polar surface area (TPSA) is 38.8 Å². The van der Waals surface area contributed by atoms with E-state index in [1.54, 1.807) is 0 Å². The highest BCUT2D eigenvalue weighted by atomic mass is 16.2. The maximum absolute atomic E-state index is 13.3. The second-order valence-electron chi connectivity index (χ2n) is 9.18. The van der Waals surface area contributed by atoms with Crippen molar-refractivity contribution >= 4 is 17.4 Å². The number of urea groups is 1. The summed E-state index contributed by atoms with van der Waals surface area (Å²) in [5, 5.41) is 3.17. The summed E-state index contributed by atoms with van der Waals surface area (Å²) < 4.78 is 0. The van der Waals surface area contributed by atoms with Crippen molar-refractivity contribution in [2.45, 2.75) is 38.6 Å². The summed E-state index contributed by atoms with van der Waals surface area (Å²) in [5.41, 5.74) is 4.73. The highest BCUT2D eigenvalue weighted by Crippen LogP contribution is 2.41. The van der Waals surface area contributed by atoms with Gasteiger partial charge in [0.05, 0.1) is 5.69 Å². The first-order valence-electron chi connectivity index (χ1n) is 11.1. The van der Waals surface area contributed by atoms with Crippen LogP contribution in [0.4, 0.5) is 16.2 Å². The molecule has 2 amide bonds. The summed E-state index contributed by atoms with van der Waals surface area (Å²) in [6, 6.07) is 16.8. The molecule has 1 fully saturated rings. The molecule has 2 aliphatic rings. The normalized spacial score (nSPS) is 18.8. The first-order chi connectivity index (χ1) is 14.5. The Morgan fingerprint density at radius 2 is 1.67 bits per heavy atom. The van der Waals surface area contributed by atoms with Gasteiger partial charge in [-0.2, -0.15) is 0 Å². The molecule has 0 aromatic heterocycles. The molecule has 160 valence electrons. The number of fused-ring (bicyclic) bond motifs is 1. The van der Waals surface area contributed by atoms with E-state index in [1.807, 2.05) is 23.1 Å². The van der Waals surface area contributed by atoms with Gasteiger partial charge in [0.1, 0.15) is 0 Å². The van der Waals surface area contributed by atoms with Crippen LogP contribution < -0.4 is 15.1 Å². The van der Waals surface area contributed by atoms with Gasteiger partial charge in [-0.25, -0.2) is 4.79 Å². The second-order valence-corrected chi connectivity index (χ2v) is 9.18. The van der Waals surface area contributed by atoms with Crippen molar-refractivity contribution in [2.24, 2.45) is 0 Å². The van der Waals surface area contributed by atoms with Crippen molar-refractivity contribution in [3.05, 3.63) is 59.7 Å². The van der Waals surface area contributed by atoms with Crippen molar-refractivity contribution in [2.75, 3.05) is 49.6 Å². The van der Waals surface area contributed by atoms with Crippen molar-refractivity contribution in [3.63, 3.8) is 0 Å². The van der Waals surface area contributed by atoms with Crippen LogP contribution in [0.25, 0.3) is 0 Å². The first kappa shape index (κ1) is 20.7. The molecule has 0 bridgehead atoms. The van der Waals surface area contributed by atoms with E-state index in [0.29, 0.717) is 6.54 Å². The minimum Gasteiger partial charge on any atom is -0.369 e. The van der Waals surface area contributed by atoms with Crippen molar-refractivity contribution in [1.29, 1.82) is 0 Å². The van der Waals surface area contributed by atoms with Gasteiger partial charge in [-0.3, -0.25) is 4.90 Å². The number of benzene rings is 2. The van der Waals surface area contributed by atoms with Gasteiger partial charge >= 0.3 is 6.03 Å². The van der Waals surface area contributed by atoms with E-state index >= 15 is 0 Å². The Balaban J connectivity index is 1.53. The SMILES string of the molecule is CN1CCN(c2cccc3c2CCC(C)(C)N3C(=O)NCCc2ccccc2)CC1. The van der Waals surface area contributed by atoms with E-state index in [1.165, 1.54) is 16.8 Å². The molecular weight excluding hydrogens is 372 g/mol. The Kier molecular flexibility index (Phi) is 6.00. The number of likely N-dealkylation sites (N-methyl/N-ethyl adjacent to an activating group) is 1. The molecule has 0 unspecified atom stereocenters. The maximum atomic E-state index is 13.3. The number of carbonyl (C=O) groups is 1. The van der Waals surface area contributed by atoms with Gasteiger partial charge in [-0.15, -0.1) is 0 Å². The van der Waals surface area contributed by atoms with E-state index in [0.717, 1.165) is 51.1 Å². The summed E-state index contributed by atoms with van der Waals surface area (Å²) in [4.78, 5) is 20.2. The fourth-order valence-corrected chi connectivity index (χ4v) is 4.66. The minimum absolute atomic E-state index is 0.00686. The molecule has 1 saturated heterocycles. The molecule has 5 nitrogen and oxygen atoms in total. The average Bonchev–Trinajstić information content (AvgIpc) is 2.74. The molecule has 1 N–H and O–H groups in total. The molecular formula is C25H34N4O. The number of nitrogens with zero attached hydrogens (tertiary/aromatic N) is 3. The van der Waals surface area contributed by atoms with Crippen molar-refractivity contribution in [3.8, 4) is 0 Å². The Labute approximate surface area is 180 Å². The summed E-state index contributed by atoms with van der Waals surface area (Å²) in [7, 11) is 2.18. The number of anilines is 2. The Morgan fingerprint density at radius 3 is 2.40 bits per heavy atom. The smallest absolute Gasteiger partial charge is 0.322 e. The quantitative estimate of drug-likeness (QED) is 0.836. The van der Waals surface area contributed by atoms with Crippen LogP contribution in [-0.4, -0.2) is 56.2 Å². The van der Waals surface area contributed by atoms with Crippen LogP contribution in [0.3, 0.4) is 0 Å². The molecule has 2 aromatic rings. The predicted molar refractivity (Wildman–Crippen MR) is 125 cm³/mol. The van der Waals surface area contributed by atoms with E-state index in [-0.39, 0.29) is 11.6 Å². The zero-order chi connectivity index (χ0) is 21.1.